The summed E-state index contributed by atoms with van der Waals surface area (Å²) in [6.07, 6.45) is 3.84. The van der Waals surface area contributed by atoms with Crippen molar-refractivity contribution in [3.8, 4) is 22.6 Å². The Morgan fingerprint density at radius 1 is 1.10 bits per heavy atom. The van der Waals surface area contributed by atoms with Crippen molar-refractivity contribution in [2.45, 2.75) is 13.3 Å². The molecule has 2 aromatic carbocycles. The van der Waals surface area contributed by atoms with Crippen LogP contribution in [-0.4, -0.2) is 34.3 Å². The highest BCUT2D eigenvalue weighted by Crippen LogP contribution is 2.31. The average Bonchev–Trinajstić information content (AvgIpc) is 3.16. The molecule has 7 heteroatoms. The van der Waals surface area contributed by atoms with Crippen LogP contribution in [0.2, 0.25) is 0 Å². The van der Waals surface area contributed by atoms with Gasteiger partial charge >= 0.3 is 0 Å². The van der Waals surface area contributed by atoms with Crippen molar-refractivity contribution in [3.05, 3.63) is 66.0 Å². The summed E-state index contributed by atoms with van der Waals surface area (Å²) in [5.41, 5.74) is 4.92. The first kappa shape index (κ1) is 18.2. The minimum absolute atomic E-state index is 0.150. The number of aromatic amines is 1. The number of carbonyl (C=O) groups is 1. The first-order valence-corrected chi connectivity index (χ1v) is 9.75. The molecule has 0 unspecified atom stereocenters. The van der Waals surface area contributed by atoms with Gasteiger partial charge < -0.3 is 14.8 Å². The quantitative estimate of drug-likeness (QED) is 0.543. The molecule has 4 aromatic rings. The van der Waals surface area contributed by atoms with Crippen molar-refractivity contribution in [2.24, 2.45) is 0 Å². The second kappa shape index (κ2) is 7.51. The lowest BCUT2D eigenvalue weighted by molar-refractivity contribution is -0.115. The summed E-state index contributed by atoms with van der Waals surface area (Å²) in [7, 11) is 0. The molecule has 1 aliphatic heterocycles. The number of hydrogen-bond donors (Lipinski definition) is 2. The van der Waals surface area contributed by atoms with Crippen LogP contribution in [-0.2, 0) is 11.2 Å². The van der Waals surface area contributed by atoms with Gasteiger partial charge in [0.25, 0.3) is 0 Å². The van der Waals surface area contributed by atoms with Crippen LogP contribution in [0, 0.1) is 6.92 Å². The molecule has 0 saturated carbocycles. The highest BCUT2D eigenvalue weighted by molar-refractivity contribution is 6.01. The zero-order chi connectivity index (χ0) is 20.5. The summed E-state index contributed by atoms with van der Waals surface area (Å²) in [5, 5.41) is 11.0. The smallest absolute Gasteiger partial charge is 0.230 e. The monoisotopic (exact) mass is 400 g/mol. The molecule has 0 saturated heterocycles. The minimum atomic E-state index is -0.150. The third-order valence-electron chi connectivity index (χ3n) is 5.14. The van der Waals surface area contributed by atoms with Gasteiger partial charge in [-0.05, 0) is 53.9 Å². The largest absolute Gasteiger partial charge is 0.486 e. The molecule has 0 radical (unpaired) electrons. The highest BCUT2D eigenvalue weighted by atomic mass is 16.6. The van der Waals surface area contributed by atoms with Gasteiger partial charge in [0.2, 0.25) is 5.91 Å². The highest BCUT2D eigenvalue weighted by Gasteiger charge is 2.15. The molecule has 30 heavy (non-hydrogen) atoms. The molecule has 7 nitrogen and oxygen atoms in total. The number of carbonyl (C=O) groups excluding carboxylic acids is 1. The molecular formula is C23H20N4O3. The zero-order valence-electron chi connectivity index (χ0n) is 16.4. The Labute approximate surface area is 173 Å². The van der Waals surface area contributed by atoms with Crippen molar-refractivity contribution in [2.75, 3.05) is 18.5 Å². The second-order valence-electron chi connectivity index (χ2n) is 7.23. The lowest BCUT2D eigenvalue weighted by Gasteiger charge is -2.18. The van der Waals surface area contributed by atoms with Crippen LogP contribution in [0.15, 0.2) is 54.9 Å². The van der Waals surface area contributed by atoms with E-state index in [1.165, 1.54) is 0 Å². The number of amides is 1. The zero-order valence-corrected chi connectivity index (χ0v) is 16.4. The van der Waals surface area contributed by atoms with Gasteiger partial charge in [-0.3, -0.25) is 14.9 Å². The molecule has 0 spiro atoms. The van der Waals surface area contributed by atoms with Crippen molar-refractivity contribution >= 4 is 22.6 Å². The lowest BCUT2D eigenvalue weighted by atomic mass is 10.0. The van der Waals surface area contributed by atoms with E-state index in [2.05, 4.69) is 20.5 Å². The Bertz CT molecular complexity index is 1250. The fraction of sp³-hybridized carbons (Fsp3) is 0.174. The Morgan fingerprint density at radius 2 is 1.97 bits per heavy atom. The van der Waals surface area contributed by atoms with Gasteiger partial charge in [-0.25, -0.2) is 0 Å². The number of H-pyrrole nitrogens is 1. The number of pyridine rings is 1. The number of benzene rings is 2. The van der Waals surface area contributed by atoms with Crippen molar-refractivity contribution < 1.29 is 14.3 Å². The Kier molecular flexibility index (Phi) is 4.55. The molecule has 0 atom stereocenters. The van der Waals surface area contributed by atoms with Gasteiger partial charge in [-0.2, -0.15) is 5.10 Å². The molecule has 3 heterocycles. The molecule has 2 aromatic heterocycles. The molecule has 1 aliphatic rings. The van der Waals surface area contributed by atoms with Crippen LogP contribution in [0.1, 0.15) is 11.1 Å². The average molecular weight is 400 g/mol. The first-order chi connectivity index (χ1) is 14.7. The third-order valence-corrected chi connectivity index (χ3v) is 5.14. The summed E-state index contributed by atoms with van der Waals surface area (Å²) < 4.78 is 11.1. The van der Waals surface area contributed by atoms with Crippen LogP contribution >= 0.6 is 0 Å². The van der Waals surface area contributed by atoms with E-state index in [-0.39, 0.29) is 12.3 Å². The number of fused-ring (bicyclic) bond motifs is 2. The Morgan fingerprint density at radius 3 is 2.83 bits per heavy atom. The summed E-state index contributed by atoms with van der Waals surface area (Å²) in [6, 6.07) is 13.5. The standard InChI is InChI=1S/C23H20N4O3/c1-14-6-7-24-13-18(14)16-3-4-19-17(12-16)23(27-26-19)25-22(28)11-15-2-5-20-21(10-15)30-9-8-29-20/h2-7,10,12-13H,8-9,11H2,1H3,(H2,25,26,27,28). The lowest BCUT2D eigenvalue weighted by Crippen LogP contribution is -2.17. The van der Waals surface area contributed by atoms with Crippen molar-refractivity contribution in [1.29, 1.82) is 0 Å². The van der Waals surface area contributed by atoms with E-state index in [4.69, 9.17) is 9.47 Å². The van der Waals surface area contributed by atoms with Gasteiger partial charge in [0.1, 0.15) is 13.2 Å². The molecule has 0 fully saturated rings. The predicted molar refractivity (Wildman–Crippen MR) is 114 cm³/mol. The number of nitrogens with one attached hydrogen (secondary N) is 2. The molecule has 2 N–H and O–H groups in total. The van der Waals surface area contributed by atoms with Crippen LogP contribution < -0.4 is 14.8 Å². The van der Waals surface area contributed by atoms with Crippen LogP contribution in [0.3, 0.4) is 0 Å². The molecule has 1 amide bonds. The number of anilines is 1. The normalized spacial score (nSPS) is 12.7. The molecule has 0 bridgehead atoms. The van der Waals surface area contributed by atoms with Crippen LogP contribution in [0.4, 0.5) is 5.82 Å². The fourth-order valence-corrected chi connectivity index (χ4v) is 3.60. The van der Waals surface area contributed by atoms with Crippen LogP contribution in [0.25, 0.3) is 22.0 Å². The summed E-state index contributed by atoms with van der Waals surface area (Å²) >= 11 is 0. The van der Waals surface area contributed by atoms with Gasteiger partial charge in [0.05, 0.1) is 11.9 Å². The second-order valence-corrected chi connectivity index (χ2v) is 7.23. The number of nitrogens with zero attached hydrogens (tertiary/aromatic N) is 2. The van der Waals surface area contributed by atoms with Gasteiger partial charge in [0.15, 0.2) is 17.3 Å². The van der Waals surface area contributed by atoms with Gasteiger partial charge in [-0.1, -0.05) is 12.1 Å². The maximum Gasteiger partial charge on any atom is 0.230 e. The summed E-state index contributed by atoms with van der Waals surface area (Å²) in [4.78, 5) is 16.9. The SMILES string of the molecule is Cc1ccncc1-c1ccc2[nH]nc(NC(=O)Cc3ccc4c(c3)OCCO4)c2c1. The minimum Gasteiger partial charge on any atom is -0.486 e. The summed E-state index contributed by atoms with van der Waals surface area (Å²) in [5.74, 6) is 1.74. The van der Waals surface area contributed by atoms with E-state index in [9.17, 15) is 4.79 Å². The van der Waals surface area contributed by atoms with Crippen LogP contribution in [0.5, 0.6) is 11.5 Å². The Balaban J connectivity index is 1.38. The molecule has 0 aliphatic carbocycles. The topological polar surface area (TPSA) is 89.1 Å². The van der Waals surface area contributed by atoms with E-state index in [0.717, 1.165) is 33.2 Å². The first-order valence-electron chi connectivity index (χ1n) is 9.75. The van der Waals surface area contributed by atoms with E-state index in [1.807, 2.05) is 55.6 Å². The molecule has 150 valence electrons. The predicted octanol–water partition coefficient (Wildman–Crippen LogP) is 3.89. The van der Waals surface area contributed by atoms with E-state index in [0.29, 0.717) is 30.5 Å². The Hall–Kier alpha value is -3.87. The maximum absolute atomic E-state index is 12.7. The van der Waals surface area contributed by atoms with E-state index in [1.54, 1.807) is 6.20 Å². The van der Waals surface area contributed by atoms with Gasteiger partial charge in [-0.15, -0.1) is 0 Å². The summed E-state index contributed by atoms with van der Waals surface area (Å²) in [6.45, 7) is 3.10. The number of ether oxygens (including phenoxy) is 2. The fourth-order valence-electron chi connectivity index (χ4n) is 3.60. The third kappa shape index (κ3) is 3.45. The van der Waals surface area contributed by atoms with E-state index < -0.39 is 0 Å². The molecule has 5 rings (SSSR count). The number of aryl methyl sites for hydroxylation is 1. The number of aromatic nitrogens is 3. The van der Waals surface area contributed by atoms with Gasteiger partial charge in [0, 0.05) is 23.3 Å². The molecular weight excluding hydrogens is 380 g/mol. The number of rotatable bonds is 4. The number of hydrogen-bond acceptors (Lipinski definition) is 5. The maximum atomic E-state index is 12.7. The van der Waals surface area contributed by atoms with Crippen molar-refractivity contribution in [3.63, 3.8) is 0 Å². The van der Waals surface area contributed by atoms with Crippen molar-refractivity contribution in [1.82, 2.24) is 15.2 Å². The van der Waals surface area contributed by atoms with E-state index >= 15 is 0 Å².